The van der Waals surface area contributed by atoms with Crippen LogP contribution >= 0.6 is 12.4 Å². The lowest BCUT2D eigenvalue weighted by atomic mass is 9.84. The summed E-state index contributed by atoms with van der Waals surface area (Å²) in [6, 6.07) is 10.9. The summed E-state index contributed by atoms with van der Waals surface area (Å²) in [6.45, 7) is 4.50. The van der Waals surface area contributed by atoms with Crippen LogP contribution in [0.15, 0.2) is 30.3 Å². The van der Waals surface area contributed by atoms with Crippen LogP contribution in [-0.4, -0.2) is 18.6 Å². The lowest BCUT2D eigenvalue weighted by Crippen LogP contribution is -2.43. The third-order valence-corrected chi connectivity index (χ3v) is 4.12. The molecule has 1 aromatic rings. The maximum absolute atomic E-state index is 12.1. The molecule has 1 fully saturated rings. The molecule has 1 aliphatic carbocycles. The van der Waals surface area contributed by atoms with E-state index < -0.39 is 0 Å². The predicted molar refractivity (Wildman–Crippen MR) is 87.6 cm³/mol. The number of halogens is 1. The molecule has 0 amide bonds. The molecule has 1 saturated carbocycles. The Morgan fingerprint density at radius 2 is 1.95 bits per heavy atom. The largest absolute Gasteiger partial charge is 0.466 e. The highest BCUT2D eigenvalue weighted by Crippen LogP contribution is 2.27. The molecule has 2 rings (SSSR count). The van der Waals surface area contributed by atoms with Crippen LogP contribution < -0.4 is 5.32 Å². The van der Waals surface area contributed by atoms with E-state index in [1.54, 1.807) is 0 Å². The number of ether oxygens (including phenoxy) is 1. The minimum absolute atomic E-state index is 0. The summed E-state index contributed by atoms with van der Waals surface area (Å²) in [4.78, 5) is 12.1. The van der Waals surface area contributed by atoms with Gasteiger partial charge in [0.15, 0.2) is 0 Å². The van der Waals surface area contributed by atoms with Gasteiger partial charge in [-0.3, -0.25) is 4.79 Å². The zero-order valence-corrected chi connectivity index (χ0v) is 13.7. The summed E-state index contributed by atoms with van der Waals surface area (Å²) in [5.74, 6) is -0.0279. The van der Waals surface area contributed by atoms with Gasteiger partial charge in [0.1, 0.15) is 0 Å². The van der Waals surface area contributed by atoms with Crippen molar-refractivity contribution >= 4 is 18.4 Å². The Morgan fingerprint density at radius 3 is 2.62 bits per heavy atom. The van der Waals surface area contributed by atoms with Gasteiger partial charge < -0.3 is 10.1 Å². The molecule has 21 heavy (non-hydrogen) atoms. The van der Waals surface area contributed by atoms with Crippen LogP contribution in [0.3, 0.4) is 0 Å². The standard InChI is InChI=1S/C17H25NO2.ClH/c1-3-20-17(19)15-11-7-8-12-16(15)18-13(2)14-9-5-4-6-10-14;/h4-6,9-10,13,15-16,18H,3,7-8,11-12H2,1-2H3;1H/t13-,15+,16-;/m1./s1. The average molecular weight is 312 g/mol. The van der Waals surface area contributed by atoms with E-state index in [-0.39, 0.29) is 36.4 Å². The lowest BCUT2D eigenvalue weighted by molar-refractivity contribution is -0.150. The Bertz CT molecular complexity index is 424. The third kappa shape index (κ3) is 5.01. The molecule has 0 bridgehead atoms. The molecule has 1 aromatic carbocycles. The molecule has 0 radical (unpaired) electrons. The number of carbonyl (C=O) groups is 1. The molecule has 0 spiro atoms. The van der Waals surface area contributed by atoms with Crippen molar-refractivity contribution in [1.29, 1.82) is 0 Å². The zero-order valence-electron chi connectivity index (χ0n) is 12.9. The van der Waals surface area contributed by atoms with Gasteiger partial charge in [-0.1, -0.05) is 43.2 Å². The molecule has 4 heteroatoms. The summed E-state index contributed by atoms with van der Waals surface area (Å²) < 4.78 is 5.22. The first-order chi connectivity index (χ1) is 9.72. The Balaban J connectivity index is 0.00000220. The van der Waals surface area contributed by atoms with Gasteiger partial charge in [-0.15, -0.1) is 12.4 Å². The van der Waals surface area contributed by atoms with E-state index in [4.69, 9.17) is 4.74 Å². The summed E-state index contributed by atoms with van der Waals surface area (Å²) in [5, 5.41) is 3.62. The van der Waals surface area contributed by atoms with Crippen LogP contribution in [0.5, 0.6) is 0 Å². The molecule has 0 heterocycles. The maximum Gasteiger partial charge on any atom is 0.310 e. The van der Waals surface area contributed by atoms with E-state index >= 15 is 0 Å². The molecule has 0 unspecified atom stereocenters. The second kappa shape index (κ2) is 9.06. The van der Waals surface area contributed by atoms with Gasteiger partial charge >= 0.3 is 5.97 Å². The fourth-order valence-corrected chi connectivity index (χ4v) is 3.02. The smallest absolute Gasteiger partial charge is 0.310 e. The van der Waals surface area contributed by atoms with Crippen molar-refractivity contribution in [3.05, 3.63) is 35.9 Å². The summed E-state index contributed by atoms with van der Waals surface area (Å²) in [5.41, 5.74) is 1.26. The fraction of sp³-hybridized carbons (Fsp3) is 0.588. The van der Waals surface area contributed by atoms with Crippen molar-refractivity contribution in [2.45, 2.75) is 51.6 Å². The highest BCUT2D eigenvalue weighted by Gasteiger charge is 2.32. The van der Waals surface area contributed by atoms with Crippen LogP contribution in [0.2, 0.25) is 0 Å². The quantitative estimate of drug-likeness (QED) is 0.839. The second-order valence-electron chi connectivity index (χ2n) is 5.55. The van der Waals surface area contributed by atoms with Crippen LogP contribution in [0.1, 0.15) is 51.1 Å². The minimum atomic E-state index is -0.0371. The Hall–Kier alpha value is -1.06. The van der Waals surface area contributed by atoms with Crippen LogP contribution in [-0.2, 0) is 9.53 Å². The van der Waals surface area contributed by atoms with Crippen molar-refractivity contribution in [2.24, 2.45) is 5.92 Å². The van der Waals surface area contributed by atoms with E-state index in [1.165, 1.54) is 12.0 Å². The van der Waals surface area contributed by atoms with Crippen molar-refractivity contribution in [3.63, 3.8) is 0 Å². The van der Waals surface area contributed by atoms with E-state index in [0.29, 0.717) is 6.61 Å². The van der Waals surface area contributed by atoms with Gasteiger partial charge in [0.2, 0.25) is 0 Å². The normalized spacial score (nSPS) is 23.0. The molecular weight excluding hydrogens is 286 g/mol. The van der Waals surface area contributed by atoms with Gasteiger partial charge in [0, 0.05) is 12.1 Å². The Morgan fingerprint density at radius 1 is 1.29 bits per heavy atom. The van der Waals surface area contributed by atoms with Gasteiger partial charge in [-0.2, -0.15) is 0 Å². The highest BCUT2D eigenvalue weighted by molar-refractivity contribution is 5.85. The number of carbonyl (C=O) groups excluding carboxylic acids is 1. The second-order valence-corrected chi connectivity index (χ2v) is 5.55. The zero-order chi connectivity index (χ0) is 14.4. The lowest BCUT2D eigenvalue weighted by Gasteiger charge is -2.33. The maximum atomic E-state index is 12.1. The first-order valence-corrected chi connectivity index (χ1v) is 7.70. The topological polar surface area (TPSA) is 38.3 Å². The van der Waals surface area contributed by atoms with Crippen molar-refractivity contribution < 1.29 is 9.53 Å². The number of rotatable bonds is 5. The molecular formula is C17H26ClNO2. The number of hydrogen-bond donors (Lipinski definition) is 1. The van der Waals surface area contributed by atoms with Gasteiger partial charge in [-0.25, -0.2) is 0 Å². The van der Waals surface area contributed by atoms with Crippen molar-refractivity contribution in [2.75, 3.05) is 6.61 Å². The molecule has 1 N–H and O–H groups in total. The van der Waals surface area contributed by atoms with E-state index in [1.807, 2.05) is 13.0 Å². The Labute approximate surface area is 133 Å². The highest BCUT2D eigenvalue weighted by atomic mass is 35.5. The monoisotopic (exact) mass is 311 g/mol. The predicted octanol–water partition coefficient (Wildman–Crippen LogP) is 3.88. The SMILES string of the molecule is CCOC(=O)[C@H]1CCCC[C@H]1N[C@H](C)c1ccccc1.Cl. The van der Waals surface area contributed by atoms with Crippen molar-refractivity contribution in [3.8, 4) is 0 Å². The molecule has 1 aliphatic rings. The van der Waals surface area contributed by atoms with Gasteiger partial charge in [-0.05, 0) is 32.3 Å². The minimum Gasteiger partial charge on any atom is -0.466 e. The van der Waals surface area contributed by atoms with Crippen LogP contribution in [0.4, 0.5) is 0 Å². The number of benzene rings is 1. The fourth-order valence-electron chi connectivity index (χ4n) is 3.02. The van der Waals surface area contributed by atoms with Crippen LogP contribution in [0.25, 0.3) is 0 Å². The summed E-state index contributed by atoms with van der Waals surface area (Å²) in [6.07, 6.45) is 4.31. The average Bonchev–Trinajstić information content (AvgIpc) is 2.49. The molecule has 0 aromatic heterocycles. The number of hydrogen-bond acceptors (Lipinski definition) is 3. The van der Waals surface area contributed by atoms with E-state index in [9.17, 15) is 4.79 Å². The molecule has 118 valence electrons. The van der Waals surface area contributed by atoms with Gasteiger partial charge in [0.05, 0.1) is 12.5 Å². The van der Waals surface area contributed by atoms with E-state index in [2.05, 4.69) is 36.5 Å². The molecule has 3 atom stereocenters. The summed E-state index contributed by atoms with van der Waals surface area (Å²) in [7, 11) is 0. The third-order valence-electron chi connectivity index (χ3n) is 4.12. The van der Waals surface area contributed by atoms with Gasteiger partial charge in [0.25, 0.3) is 0 Å². The Kier molecular flexibility index (Phi) is 7.76. The summed E-state index contributed by atoms with van der Waals surface area (Å²) >= 11 is 0. The van der Waals surface area contributed by atoms with Crippen molar-refractivity contribution in [1.82, 2.24) is 5.32 Å². The number of esters is 1. The molecule has 0 saturated heterocycles. The van der Waals surface area contributed by atoms with Crippen LogP contribution in [0, 0.1) is 5.92 Å². The molecule has 0 aliphatic heterocycles. The first-order valence-electron chi connectivity index (χ1n) is 7.70. The first kappa shape index (κ1) is 18.0. The number of nitrogens with one attached hydrogen (secondary N) is 1. The molecule has 3 nitrogen and oxygen atoms in total. The van der Waals surface area contributed by atoms with E-state index in [0.717, 1.165) is 19.3 Å².